The van der Waals surface area contributed by atoms with Crippen LogP contribution in [-0.4, -0.2) is 35.0 Å². The van der Waals surface area contributed by atoms with Gasteiger partial charge in [-0.15, -0.1) is 0 Å². The quantitative estimate of drug-likeness (QED) is 0.387. The minimum Gasteiger partial charge on any atom is -0.331 e. The zero-order chi connectivity index (χ0) is 24.0. The van der Waals surface area contributed by atoms with Crippen molar-refractivity contribution in [2.24, 2.45) is 0 Å². The van der Waals surface area contributed by atoms with Crippen LogP contribution in [0.3, 0.4) is 0 Å². The number of carbonyl (C=O) groups excluding carboxylic acids is 1. The topological polar surface area (TPSA) is 73.8 Å². The molecule has 0 atom stereocenters. The van der Waals surface area contributed by atoms with Gasteiger partial charge in [0.15, 0.2) is 0 Å². The smallest absolute Gasteiger partial charge is 0.230 e. The summed E-state index contributed by atoms with van der Waals surface area (Å²) in [6.07, 6.45) is 4.12. The number of aryl methyl sites for hydroxylation is 3. The number of carbonyl (C=O) groups is 1. The third-order valence-electron chi connectivity index (χ3n) is 6.15. The minimum absolute atomic E-state index is 0.0867. The number of anilines is 1. The van der Waals surface area contributed by atoms with E-state index < -0.39 is 0 Å². The van der Waals surface area contributed by atoms with E-state index in [0.29, 0.717) is 24.5 Å². The largest absolute Gasteiger partial charge is 0.331 e. The Kier molecular flexibility index (Phi) is 5.77. The van der Waals surface area contributed by atoms with Gasteiger partial charge in [0, 0.05) is 36.8 Å². The van der Waals surface area contributed by atoms with E-state index in [4.69, 9.17) is 16.7 Å². The van der Waals surface area contributed by atoms with Crippen molar-refractivity contribution in [2.75, 3.05) is 4.90 Å². The van der Waals surface area contributed by atoms with Crippen molar-refractivity contribution >= 4 is 23.3 Å². The molecule has 0 saturated carbocycles. The Bertz CT molecular complexity index is 1350. The number of aromatic nitrogens is 6. The van der Waals surface area contributed by atoms with Gasteiger partial charge in [0.2, 0.25) is 5.91 Å². The molecule has 0 radical (unpaired) electrons. The van der Waals surface area contributed by atoms with E-state index in [9.17, 15) is 4.79 Å². The number of halogens is 1. The van der Waals surface area contributed by atoms with Gasteiger partial charge in [-0.1, -0.05) is 35.9 Å². The summed E-state index contributed by atoms with van der Waals surface area (Å²) in [5.74, 6) is 1.82. The highest BCUT2D eigenvalue weighted by Gasteiger charge is 2.28. The fourth-order valence-electron chi connectivity index (χ4n) is 4.47. The third kappa shape index (κ3) is 3.92. The van der Waals surface area contributed by atoms with Crippen LogP contribution in [0.4, 0.5) is 5.82 Å². The molecule has 34 heavy (non-hydrogen) atoms. The second-order valence-electron chi connectivity index (χ2n) is 8.91. The molecule has 0 aliphatic carbocycles. The van der Waals surface area contributed by atoms with Gasteiger partial charge < -0.3 is 4.57 Å². The van der Waals surface area contributed by atoms with E-state index in [1.165, 1.54) is 0 Å². The number of amides is 1. The lowest BCUT2D eigenvalue weighted by molar-refractivity contribution is -0.119. The molecule has 0 unspecified atom stereocenters. The highest BCUT2D eigenvalue weighted by molar-refractivity contribution is 6.33. The molecule has 4 aromatic rings. The molecule has 1 aliphatic heterocycles. The Morgan fingerprint density at radius 3 is 2.65 bits per heavy atom. The standard InChI is InChI=1S/C25H28ClN7O/c1-5-30-14-17(4)28-25(30)19-8-6-18(7-9-19)15-31-22-12-21(29-32(22)11-10-23(31)34)24-20(26)13-27-33(24)16(2)3/h6-9,12-14,16H,5,10-11,15H2,1-4H3. The lowest BCUT2D eigenvalue weighted by Crippen LogP contribution is -2.36. The first kappa shape index (κ1) is 22.4. The fourth-order valence-corrected chi connectivity index (χ4v) is 4.70. The molecule has 1 aliphatic rings. The average molecular weight is 478 g/mol. The van der Waals surface area contributed by atoms with Crippen LogP contribution in [0, 0.1) is 6.92 Å². The molecular weight excluding hydrogens is 450 g/mol. The van der Waals surface area contributed by atoms with E-state index in [0.717, 1.165) is 46.4 Å². The van der Waals surface area contributed by atoms with Gasteiger partial charge >= 0.3 is 0 Å². The first-order valence-electron chi connectivity index (χ1n) is 11.6. The van der Waals surface area contributed by atoms with Crippen molar-refractivity contribution < 1.29 is 4.79 Å². The van der Waals surface area contributed by atoms with Gasteiger partial charge in [-0.05, 0) is 33.3 Å². The van der Waals surface area contributed by atoms with Gasteiger partial charge in [-0.3, -0.25) is 14.4 Å². The van der Waals surface area contributed by atoms with Crippen molar-refractivity contribution in [3.8, 4) is 22.8 Å². The Hall–Kier alpha value is -3.39. The van der Waals surface area contributed by atoms with E-state index >= 15 is 0 Å². The van der Waals surface area contributed by atoms with Crippen LogP contribution in [0.1, 0.15) is 44.5 Å². The zero-order valence-corrected chi connectivity index (χ0v) is 20.6. The second-order valence-corrected chi connectivity index (χ2v) is 9.32. The lowest BCUT2D eigenvalue weighted by atomic mass is 10.1. The van der Waals surface area contributed by atoms with E-state index in [2.05, 4.69) is 65.9 Å². The number of rotatable bonds is 6. The highest BCUT2D eigenvalue weighted by atomic mass is 35.5. The molecule has 8 nitrogen and oxygen atoms in total. The molecule has 1 aromatic carbocycles. The van der Waals surface area contributed by atoms with Gasteiger partial charge in [-0.25, -0.2) is 9.67 Å². The lowest BCUT2D eigenvalue weighted by Gasteiger charge is -2.27. The highest BCUT2D eigenvalue weighted by Crippen LogP contribution is 2.34. The molecule has 9 heteroatoms. The summed E-state index contributed by atoms with van der Waals surface area (Å²) in [5, 5.41) is 9.71. The summed E-state index contributed by atoms with van der Waals surface area (Å²) in [6.45, 7) is 10.1. The molecule has 3 aromatic heterocycles. The van der Waals surface area contributed by atoms with Gasteiger partial charge in [0.1, 0.15) is 23.0 Å². The first-order valence-corrected chi connectivity index (χ1v) is 12.0. The molecule has 1 amide bonds. The molecule has 0 fully saturated rings. The van der Waals surface area contributed by atoms with Gasteiger partial charge in [0.25, 0.3) is 0 Å². The normalized spacial score (nSPS) is 13.7. The summed E-state index contributed by atoms with van der Waals surface area (Å²) in [6, 6.07) is 10.3. The maximum absolute atomic E-state index is 12.9. The van der Waals surface area contributed by atoms with Crippen molar-refractivity contribution in [1.82, 2.24) is 29.1 Å². The molecule has 0 N–H and O–H groups in total. The molecule has 5 rings (SSSR count). The van der Waals surface area contributed by atoms with Crippen molar-refractivity contribution in [1.29, 1.82) is 0 Å². The van der Waals surface area contributed by atoms with Crippen LogP contribution in [0.15, 0.2) is 42.7 Å². The van der Waals surface area contributed by atoms with Crippen molar-refractivity contribution in [3.63, 3.8) is 0 Å². The number of fused-ring (bicyclic) bond motifs is 1. The third-order valence-corrected chi connectivity index (χ3v) is 6.42. The predicted molar refractivity (Wildman–Crippen MR) is 133 cm³/mol. The maximum atomic E-state index is 12.9. The number of hydrogen-bond acceptors (Lipinski definition) is 4. The average Bonchev–Trinajstić information content (AvgIpc) is 3.52. The van der Waals surface area contributed by atoms with Crippen LogP contribution >= 0.6 is 11.6 Å². The van der Waals surface area contributed by atoms with E-state index in [1.807, 2.05) is 22.4 Å². The first-order chi connectivity index (χ1) is 16.4. The van der Waals surface area contributed by atoms with Crippen molar-refractivity contribution in [3.05, 3.63) is 59.0 Å². The Morgan fingerprint density at radius 1 is 1.18 bits per heavy atom. The Morgan fingerprint density at radius 2 is 1.94 bits per heavy atom. The summed E-state index contributed by atoms with van der Waals surface area (Å²) in [5.41, 5.74) is 4.61. The molecule has 176 valence electrons. The molecule has 0 saturated heterocycles. The van der Waals surface area contributed by atoms with Crippen molar-refractivity contribution in [2.45, 2.75) is 59.8 Å². The van der Waals surface area contributed by atoms with Crippen LogP contribution in [0.5, 0.6) is 0 Å². The summed E-state index contributed by atoms with van der Waals surface area (Å²) in [4.78, 5) is 19.4. The Balaban J connectivity index is 1.44. The number of nitrogens with zero attached hydrogens (tertiary/aromatic N) is 7. The van der Waals surface area contributed by atoms with Crippen LogP contribution in [0.2, 0.25) is 5.02 Å². The van der Waals surface area contributed by atoms with Crippen LogP contribution in [0.25, 0.3) is 22.8 Å². The SMILES string of the molecule is CCn1cc(C)nc1-c1ccc(CN2C(=O)CCn3nc(-c4c(Cl)cnn4C(C)C)cc32)cc1. The zero-order valence-electron chi connectivity index (χ0n) is 19.9. The number of imidazole rings is 1. The molecule has 0 spiro atoms. The summed E-state index contributed by atoms with van der Waals surface area (Å²) < 4.78 is 5.90. The van der Waals surface area contributed by atoms with Gasteiger partial charge in [0.05, 0.1) is 30.0 Å². The number of benzene rings is 1. The summed E-state index contributed by atoms with van der Waals surface area (Å²) in [7, 11) is 0. The van der Waals surface area contributed by atoms with Gasteiger partial charge in [-0.2, -0.15) is 10.2 Å². The molecular formula is C25H28ClN7O. The fraction of sp³-hybridized carbons (Fsp3) is 0.360. The second kappa shape index (κ2) is 8.76. The van der Waals surface area contributed by atoms with Crippen LogP contribution < -0.4 is 4.90 Å². The van der Waals surface area contributed by atoms with Crippen LogP contribution in [-0.2, 0) is 24.4 Å². The summed E-state index contributed by atoms with van der Waals surface area (Å²) >= 11 is 6.45. The monoisotopic (exact) mass is 477 g/mol. The molecule has 4 heterocycles. The maximum Gasteiger partial charge on any atom is 0.230 e. The minimum atomic E-state index is 0.0867. The Labute approximate surface area is 203 Å². The van der Waals surface area contributed by atoms with E-state index in [-0.39, 0.29) is 11.9 Å². The number of hydrogen-bond donors (Lipinski definition) is 0. The molecule has 0 bridgehead atoms. The predicted octanol–water partition coefficient (Wildman–Crippen LogP) is 5.11. The van der Waals surface area contributed by atoms with E-state index in [1.54, 1.807) is 11.1 Å².